The monoisotopic (exact) mass is 417 g/mol. The Morgan fingerprint density at radius 3 is 2.67 bits per heavy atom. The number of benzene rings is 2. The molecule has 0 saturated carbocycles. The number of aromatic nitrogens is 1. The van der Waals surface area contributed by atoms with Crippen LogP contribution in [0.4, 0.5) is 5.69 Å². The predicted octanol–water partition coefficient (Wildman–Crippen LogP) is 4.13. The van der Waals surface area contributed by atoms with Crippen molar-refractivity contribution >= 4 is 34.4 Å². The van der Waals surface area contributed by atoms with Gasteiger partial charge >= 0.3 is 0 Å². The van der Waals surface area contributed by atoms with E-state index in [1.807, 2.05) is 47.2 Å². The summed E-state index contributed by atoms with van der Waals surface area (Å²) in [6, 6.07) is 18.6. The first-order valence-corrected chi connectivity index (χ1v) is 10.7. The Morgan fingerprint density at radius 2 is 1.83 bits per heavy atom. The highest BCUT2D eigenvalue weighted by Crippen LogP contribution is 2.44. The second kappa shape index (κ2) is 9.30. The van der Waals surface area contributed by atoms with Crippen LogP contribution >= 0.6 is 11.8 Å². The highest BCUT2D eigenvalue weighted by Gasteiger charge is 2.20. The molecule has 2 N–H and O–H groups in total. The van der Waals surface area contributed by atoms with E-state index in [-0.39, 0.29) is 6.61 Å². The topological polar surface area (TPSA) is 47.6 Å². The van der Waals surface area contributed by atoms with E-state index in [1.165, 1.54) is 15.6 Å². The normalized spacial score (nSPS) is 16.2. The van der Waals surface area contributed by atoms with Gasteiger partial charge in [-0.3, -0.25) is 0 Å². The molecule has 0 saturated heterocycles. The number of hydrogen-bond donors (Lipinski definition) is 2. The van der Waals surface area contributed by atoms with Crippen molar-refractivity contribution in [2.45, 2.75) is 17.5 Å². The third kappa shape index (κ3) is 4.33. The molecule has 1 aliphatic rings. The Labute approximate surface area is 181 Å². The van der Waals surface area contributed by atoms with Crippen LogP contribution in [0.3, 0.4) is 0 Å². The number of allylic oxidation sites excluding steroid dienone is 4. The third-order valence-corrected chi connectivity index (χ3v) is 6.27. The lowest BCUT2D eigenvalue weighted by atomic mass is 10.1. The minimum absolute atomic E-state index is 0.248. The molecule has 0 amide bonds. The van der Waals surface area contributed by atoms with Gasteiger partial charge in [0.25, 0.3) is 0 Å². The van der Waals surface area contributed by atoms with Gasteiger partial charge in [-0.25, -0.2) is 0 Å². The summed E-state index contributed by atoms with van der Waals surface area (Å²) >= 11 is 1.78. The van der Waals surface area contributed by atoms with Gasteiger partial charge in [0.15, 0.2) is 12.7 Å². The summed E-state index contributed by atoms with van der Waals surface area (Å²) in [6.45, 7) is 0.115. The maximum Gasteiger partial charge on any atom is 0.213 e. The van der Waals surface area contributed by atoms with Crippen molar-refractivity contribution in [3.8, 4) is 0 Å². The minimum Gasteiger partial charge on any atom is -0.393 e. The van der Waals surface area contributed by atoms with E-state index in [0.29, 0.717) is 6.54 Å². The zero-order valence-electron chi connectivity index (χ0n) is 16.8. The van der Waals surface area contributed by atoms with Crippen LogP contribution in [0.1, 0.15) is 5.56 Å². The first-order chi connectivity index (χ1) is 14.7. The van der Waals surface area contributed by atoms with E-state index in [2.05, 4.69) is 60.5 Å². The Hall–Kier alpha value is -2.86. The molecule has 2 aromatic carbocycles. The molecule has 152 valence electrons. The molecule has 4 nitrogen and oxygen atoms in total. The maximum absolute atomic E-state index is 9.80. The van der Waals surface area contributed by atoms with Crippen molar-refractivity contribution in [1.29, 1.82) is 0 Å². The molecule has 3 aromatic rings. The average molecular weight is 418 g/mol. The number of nitrogens with zero attached hydrogens (tertiary/aromatic N) is 2. The van der Waals surface area contributed by atoms with Crippen molar-refractivity contribution in [3.05, 3.63) is 95.7 Å². The van der Waals surface area contributed by atoms with Gasteiger partial charge in [0.05, 0.1) is 22.7 Å². The molecule has 0 bridgehead atoms. The summed E-state index contributed by atoms with van der Waals surface area (Å²) in [7, 11) is 2.09. The van der Waals surface area contributed by atoms with Crippen molar-refractivity contribution in [1.82, 2.24) is 0 Å². The molecule has 0 aliphatic carbocycles. The SMILES string of the molecule is CN1/C(=C/C=C/C=C/c2cc[n+](CC(O)CO)c3ccccc23)Sc2ccccc21. The molecule has 1 unspecified atom stereocenters. The predicted molar refractivity (Wildman–Crippen MR) is 124 cm³/mol. The number of pyridine rings is 1. The number of aliphatic hydroxyl groups is 2. The van der Waals surface area contributed by atoms with E-state index >= 15 is 0 Å². The zero-order chi connectivity index (χ0) is 20.9. The largest absolute Gasteiger partial charge is 0.393 e. The van der Waals surface area contributed by atoms with Crippen LogP contribution in [0.15, 0.2) is 95.0 Å². The first kappa shape index (κ1) is 20.4. The Balaban J connectivity index is 1.50. The molecule has 30 heavy (non-hydrogen) atoms. The Bertz CT molecular complexity index is 1140. The van der Waals surface area contributed by atoms with E-state index < -0.39 is 6.10 Å². The fraction of sp³-hybridized carbons (Fsp3) is 0.160. The smallest absolute Gasteiger partial charge is 0.213 e. The highest BCUT2D eigenvalue weighted by atomic mass is 32.2. The van der Waals surface area contributed by atoms with Gasteiger partial charge in [-0.15, -0.1) is 0 Å². The number of para-hydroxylation sites is 2. The molecule has 0 spiro atoms. The van der Waals surface area contributed by atoms with Gasteiger partial charge in [-0.05, 0) is 29.8 Å². The Morgan fingerprint density at radius 1 is 1.03 bits per heavy atom. The van der Waals surface area contributed by atoms with E-state index in [1.54, 1.807) is 11.8 Å². The van der Waals surface area contributed by atoms with Crippen LogP contribution in [-0.2, 0) is 6.54 Å². The maximum atomic E-state index is 9.80. The summed E-state index contributed by atoms with van der Waals surface area (Å²) in [5, 5.41) is 21.3. The van der Waals surface area contributed by atoms with Gasteiger partial charge in [-0.2, -0.15) is 4.57 Å². The summed E-state index contributed by atoms with van der Waals surface area (Å²) in [4.78, 5) is 3.49. The number of rotatable bonds is 6. The van der Waals surface area contributed by atoms with Crippen LogP contribution < -0.4 is 9.47 Å². The van der Waals surface area contributed by atoms with Gasteiger partial charge in [0, 0.05) is 24.1 Å². The number of fused-ring (bicyclic) bond motifs is 2. The summed E-state index contributed by atoms with van der Waals surface area (Å²) < 4.78 is 1.97. The number of aliphatic hydroxyl groups excluding tert-OH is 2. The Kier molecular flexibility index (Phi) is 6.33. The average Bonchev–Trinajstić information content (AvgIpc) is 3.10. The van der Waals surface area contributed by atoms with Crippen LogP contribution in [0.5, 0.6) is 0 Å². The molecule has 0 fully saturated rings. The number of hydrogen-bond acceptors (Lipinski definition) is 4. The summed E-state index contributed by atoms with van der Waals surface area (Å²) in [5.41, 5.74) is 3.38. The quantitative estimate of drug-likeness (QED) is 0.468. The number of thioether (sulfide) groups is 1. The molecule has 5 heteroatoms. The molecule has 2 heterocycles. The fourth-order valence-electron chi connectivity index (χ4n) is 3.53. The van der Waals surface area contributed by atoms with Gasteiger partial charge in [-0.1, -0.05) is 60.3 Å². The van der Waals surface area contributed by atoms with Crippen molar-refractivity contribution in [2.75, 3.05) is 18.6 Å². The van der Waals surface area contributed by atoms with E-state index in [9.17, 15) is 5.11 Å². The molecule has 1 atom stereocenters. The van der Waals surface area contributed by atoms with Gasteiger partial charge in [0.1, 0.15) is 6.10 Å². The lowest BCUT2D eigenvalue weighted by molar-refractivity contribution is -0.678. The fourth-order valence-corrected chi connectivity index (χ4v) is 4.59. The van der Waals surface area contributed by atoms with E-state index in [0.717, 1.165) is 16.5 Å². The van der Waals surface area contributed by atoms with E-state index in [4.69, 9.17) is 5.11 Å². The number of anilines is 1. The van der Waals surface area contributed by atoms with Crippen molar-refractivity contribution in [2.24, 2.45) is 0 Å². The van der Waals surface area contributed by atoms with Gasteiger partial charge in [0.2, 0.25) is 5.52 Å². The molecule has 4 rings (SSSR count). The molecule has 1 aromatic heterocycles. The lowest BCUT2D eigenvalue weighted by Gasteiger charge is -2.12. The van der Waals surface area contributed by atoms with Crippen molar-refractivity contribution < 1.29 is 14.8 Å². The zero-order valence-corrected chi connectivity index (χ0v) is 17.7. The van der Waals surface area contributed by atoms with Gasteiger partial charge < -0.3 is 15.1 Å². The second-order valence-corrected chi connectivity index (χ2v) is 8.22. The second-order valence-electron chi connectivity index (χ2n) is 7.15. The highest BCUT2D eigenvalue weighted by molar-refractivity contribution is 8.03. The van der Waals surface area contributed by atoms with Crippen molar-refractivity contribution in [3.63, 3.8) is 0 Å². The van der Waals surface area contributed by atoms with Crippen LogP contribution in [-0.4, -0.2) is 30.0 Å². The first-order valence-electron chi connectivity index (χ1n) is 9.93. The molecular weight excluding hydrogens is 392 g/mol. The summed E-state index contributed by atoms with van der Waals surface area (Å²) in [6.07, 6.45) is 11.5. The van der Waals surface area contributed by atoms with Crippen LogP contribution in [0, 0.1) is 0 Å². The molecule has 1 aliphatic heterocycles. The molecule has 0 radical (unpaired) electrons. The standard InChI is InChI=1S/C25H25N2O2S/c1-26-23-12-7-8-13-24(23)30-25(26)14-4-2-3-9-19-15-16-27(17-20(29)18-28)22-11-6-5-10-21(19)22/h2-16,20,28-29H,17-18H2,1H3/q+1. The van der Waals surface area contributed by atoms with Crippen LogP contribution in [0.2, 0.25) is 0 Å². The summed E-state index contributed by atoms with van der Waals surface area (Å²) in [5.74, 6) is 0. The lowest BCUT2D eigenvalue weighted by Crippen LogP contribution is -2.41. The third-order valence-electron chi connectivity index (χ3n) is 5.09. The minimum atomic E-state index is -0.770. The molecular formula is C25H25N2O2S+. The van der Waals surface area contributed by atoms with Crippen LogP contribution in [0.25, 0.3) is 17.0 Å².